The second kappa shape index (κ2) is 8.92. The van der Waals surface area contributed by atoms with E-state index in [2.05, 4.69) is 0 Å². The fraction of sp³-hybridized carbons (Fsp3) is 0.304. The van der Waals surface area contributed by atoms with E-state index in [4.69, 9.17) is 9.47 Å². The number of aliphatic hydroxyl groups is 1. The monoisotopic (exact) mass is 395 g/mol. The van der Waals surface area contributed by atoms with Crippen LogP contribution in [0.3, 0.4) is 0 Å². The zero-order chi connectivity index (χ0) is 21.0. The van der Waals surface area contributed by atoms with Crippen molar-refractivity contribution in [2.24, 2.45) is 0 Å². The highest BCUT2D eigenvalue weighted by Crippen LogP contribution is 2.42. The first-order valence-corrected chi connectivity index (χ1v) is 9.54. The van der Waals surface area contributed by atoms with Crippen LogP contribution in [-0.2, 0) is 14.3 Å². The molecule has 2 aromatic carbocycles. The summed E-state index contributed by atoms with van der Waals surface area (Å²) in [7, 11) is 1.53. The number of aliphatic hydroxyl groups excluding tert-OH is 1. The van der Waals surface area contributed by atoms with E-state index in [9.17, 15) is 14.7 Å². The molecule has 6 heteroatoms. The van der Waals surface area contributed by atoms with Gasteiger partial charge in [-0.2, -0.15) is 0 Å². The van der Waals surface area contributed by atoms with Crippen molar-refractivity contribution in [1.82, 2.24) is 4.90 Å². The molecule has 152 valence electrons. The molecule has 1 atom stereocenters. The maximum absolute atomic E-state index is 12.9. The number of carbonyl (C=O) groups is 2. The van der Waals surface area contributed by atoms with Gasteiger partial charge in [0.2, 0.25) is 0 Å². The molecule has 0 radical (unpaired) electrons. The van der Waals surface area contributed by atoms with Crippen molar-refractivity contribution < 1.29 is 24.2 Å². The van der Waals surface area contributed by atoms with Crippen LogP contribution in [0, 0.1) is 0 Å². The molecule has 1 N–H and O–H groups in total. The van der Waals surface area contributed by atoms with Gasteiger partial charge >= 0.3 is 0 Å². The number of carbonyl (C=O) groups excluding carboxylic acids is 2. The van der Waals surface area contributed by atoms with Gasteiger partial charge in [0, 0.05) is 17.7 Å². The Morgan fingerprint density at radius 2 is 1.72 bits per heavy atom. The summed E-state index contributed by atoms with van der Waals surface area (Å²) in [6, 6.07) is 15.2. The van der Waals surface area contributed by atoms with Gasteiger partial charge < -0.3 is 19.5 Å². The molecular formula is C23H25NO5. The molecule has 3 rings (SSSR count). The van der Waals surface area contributed by atoms with E-state index in [1.807, 2.05) is 32.0 Å². The molecule has 0 spiro atoms. The summed E-state index contributed by atoms with van der Waals surface area (Å²) in [6.45, 7) is 4.31. The van der Waals surface area contributed by atoms with Gasteiger partial charge in [-0.1, -0.05) is 48.5 Å². The minimum atomic E-state index is -0.762. The first kappa shape index (κ1) is 20.6. The largest absolute Gasteiger partial charge is 0.507 e. The summed E-state index contributed by atoms with van der Waals surface area (Å²) in [5.74, 6) is -1.04. The zero-order valence-corrected chi connectivity index (χ0v) is 16.8. The number of hydrogen-bond acceptors (Lipinski definition) is 5. The predicted octanol–water partition coefficient (Wildman–Crippen LogP) is 3.54. The maximum atomic E-state index is 12.9. The van der Waals surface area contributed by atoms with Crippen molar-refractivity contribution in [3.8, 4) is 5.75 Å². The van der Waals surface area contributed by atoms with Gasteiger partial charge in [0.05, 0.1) is 31.4 Å². The minimum absolute atomic E-state index is 0.000789. The Hall–Kier alpha value is -3.12. The van der Waals surface area contributed by atoms with E-state index >= 15 is 0 Å². The number of Topliss-reactive ketones (excluding diaryl/α,β-unsaturated/α-hetero) is 1. The molecule has 2 aromatic rings. The van der Waals surface area contributed by atoms with Crippen molar-refractivity contribution in [2.75, 3.05) is 20.3 Å². The smallest absolute Gasteiger partial charge is 0.295 e. The first-order valence-electron chi connectivity index (χ1n) is 9.54. The highest BCUT2D eigenvalue weighted by atomic mass is 16.5. The van der Waals surface area contributed by atoms with Crippen LogP contribution in [0.1, 0.15) is 31.0 Å². The molecule has 1 heterocycles. The number of likely N-dealkylation sites (tertiary alicyclic amines) is 1. The van der Waals surface area contributed by atoms with Crippen molar-refractivity contribution in [2.45, 2.75) is 26.0 Å². The summed E-state index contributed by atoms with van der Waals surface area (Å²) < 4.78 is 11.1. The average molecular weight is 395 g/mol. The number of para-hydroxylation sites is 1. The lowest BCUT2D eigenvalue weighted by Gasteiger charge is -2.26. The number of hydrogen-bond donors (Lipinski definition) is 1. The summed E-state index contributed by atoms with van der Waals surface area (Å²) in [5, 5.41) is 10.9. The van der Waals surface area contributed by atoms with Crippen LogP contribution in [0.15, 0.2) is 60.2 Å². The standard InChI is InChI=1S/C23H25NO5/c1-15(2)29-14-13-24-20(17-11-7-8-12-18(17)28-3)19(22(26)23(24)27)21(25)16-9-5-4-6-10-16/h4-12,15,20,25H,13-14H2,1-3H3/b21-19-. The third-order valence-corrected chi connectivity index (χ3v) is 4.80. The van der Waals surface area contributed by atoms with Crippen LogP contribution in [0.5, 0.6) is 5.75 Å². The van der Waals surface area contributed by atoms with Crippen molar-refractivity contribution in [3.63, 3.8) is 0 Å². The summed E-state index contributed by atoms with van der Waals surface area (Å²) in [6.07, 6.45) is 0.000789. The van der Waals surface area contributed by atoms with Crippen molar-refractivity contribution in [1.29, 1.82) is 0 Å². The number of ketones is 1. The third kappa shape index (κ3) is 4.17. The van der Waals surface area contributed by atoms with Crippen molar-refractivity contribution in [3.05, 3.63) is 71.3 Å². The van der Waals surface area contributed by atoms with Gasteiger partial charge in [0.1, 0.15) is 11.5 Å². The lowest BCUT2D eigenvalue weighted by molar-refractivity contribution is -0.140. The van der Waals surface area contributed by atoms with Gasteiger partial charge in [0.25, 0.3) is 11.7 Å². The van der Waals surface area contributed by atoms with Crippen LogP contribution >= 0.6 is 0 Å². The van der Waals surface area contributed by atoms with Crippen LogP contribution in [0.4, 0.5) is 0 Å². The molecule has 1 aliphatic heterocycles. The Labute approximate surface area is 170 Å². The second-order valence-corrected chi connectivity index (χ2v) is 7.02. The number of rotatable bonds is 7. The van der Waals surface area contributed by atoms with E-state index in [0.29, 0.717) is 16.9 Å². The normalized spacial score (nSPS) is 18.5. The number of methoxy groups -OCH3 is 1. The number of ether oxygens (including phenoxy) is 2. The number of amides is 1. The SMILES string of the molecule is COc1ccccc1C1/C(=C(/O)c2ccccc2)C(=O)C(=O)N1CCOC(C)C. The Morgan fingerprint density at radius 3 is 2.38 bits per heavy atom. The molecule has 29 heavy (non-hydrogen) atoms. The number of nitrogens with zero attached hydrogens (tertiary/aromatic N) is 1. The average Bonchev–Trinajstić information content (AvgIpc) is 2.98. The van der Waals surface area contributed by atoms with Crippen LogP contribution in [-0.4, -0.2) is 48.1 Å². The molecule has 1 amide bonds. The summed E-state index contributed by atoms with van der Waals surface area (Å²) in [4.78, 5) is 27.2. The maximum Gasteiger partial charge on any atom is 0.295 e. The molecule has 0 bridgehead atoms. The van der Waals surface area contributed by atoms with Gasteiger partial charge in [-0.15, -0.1) is 0 Å². The highest BCUT2D eigenvalue weighted by molar-refractivity contribution is 6.46. The molecule has 6 nitrogen and oxygen atoms in total. The van der Waals surface area contributed by atoms with E-state index < -0.39 is 17.7 Å². The second-order valence-electron chi connectivity index (χ2n) is 7.02. The zero-order valence-electron chi connectivity index (χ0n) is 16.8. The molecule has 1 aliphatic rings. The Balaban J connectivity index is 2.13. The molecule has 0 aliphatic carbocycles. The van der Waals surface area contributed by atoms with E-state index in [0.717, 1.165) is 0 Å². The van der Waals surface area contributed by atoms with Gasteiger partial charge in [0.15, 0.2) is 0 Å². The van der Waals surface area contributed by atoms with Gasteiger partial charge in [-0.05, 0) is 19.9 Å². The fourth-order valence-electron chi connectivity index (χ4n) is 3.46. The minimum Gasteiger partial charge on any atom is -0.507 e. The topological polar surface area (TPSA) is 76.1 Å². The predicted molar refractivity (Wildman–Crippen MR) is 110 cm³/mol. The lowest BCUT2D eigenvalue weighted by atomic mass is 9.94. The molecule has 1 fully saturated rings. The first-order chi connectivity index (χ1) is 14.0. The van der Waals surface area contributed by atoms with E-state index in [1.165, 1.54) is 12.0 Å². The van der Waals surface area contributed by atoms with Crippen LogP contribution < -0.4 is 4.74 Å². The molecular weight excluding hydrogens is 370 g/mol. The fourth-order valence-corrected chi connectivity index (χ4v) is 3.46. The van der Waals surface area contributed by atoms with Crippen molar-refractivity contribution >= 4 is 17.4 Å². The van der Waals surface area contributed by atoms with Crippen LogP contribution in [0.25, 0.3) is 5.76 Å². The molecule has 0 saturated carbocycles. The summed E-state index contributed by atoms with van der Waals surface area (Å²) in [5.41, 5.74) is 1.16. The third-order valence-electron chi connectivity index (χ3n) is 4.80. The van der Waals surface area contributed by atoms with E-state index in [-0.39, 0.29) is 30.6 Å². The molecule has 0 aromatic heterocycles. The number of benzene rings is 2. The lowest BCUT2D eigenvalue weighted by Crippen LogP contribution is -2.33. The Kier molecular flexibility index (Phi) is 6.34. The highest BCUT2D eigenvalue weighted by Gasteiger charge is 2.46. The Morgan fingerprint density at radius 1 is 1.07 bits per heavy atom. The summed E-state index contributed by atoms with van der Waals surface area (Å²) >= 11 is 0. The van der Waals surface area contributed by atoms with Gasteiger partial charge in [-0.3, -0.25) is 9.59 Å². The Bertz CT molecular complexity index is 920. The molecule has 1 saturated heterocycles. The quantitative estimate of drug-likeness (QED) is 0.441. The van der Waals surface area contributed by atoms with E-state index in [1.54, 1.807) is 36.4 Å². The molecule has 1 unspecified atom stereocenters. The van der Waals surface area contributed by atoms with Crippen LogP contribution in [0.2, 0.25) is 0 Å². The van der Waals surface area contributed by atoms with Gasteiger partial charge in [-0.25, -0.2) is 0 Å².